The average Bonchev–Trinajstić information content (AvgIpc) is 3.41. The van der Waals surface area contributed by atoms with Gasteiger partial charge < -0.3 is 14.6 Å². The molecule has 1 saturated heterocycles. The van der Waals surface area contributed by atoms with Gasteiger partial charge in [0.25, 0.3) is 5.91 Å². The molecule has 1 amide bonds. The van der Waals surface area contributed by atoms with Crippen molar-refractivity contribution in [3.63, 3.8) is 0 Å². The molecule has 0 spiro atoms. The number of hydrogen-bond donors (Lipinski definition) is 1. The minimum atomic E-state index is 0.0513. The van der Waals surface area contributed by atoms with Crippen molar-refractivity contribution in [1.82, 2.24) is 25.0 Å². The van der Waals surface area contributed by atoms with Crippen molar-refractivity contribution in [2.75, 3.05) is 26.2 Å². The molecule has 154 valence electrons. The van der Waals surface area contributed by atoms with Gasteiger partial charge in [0.1, 0.15) is 5.69 Å². The molecule has 1 fully saturated rings. The van der Waals surface area contributed by atoms with E-state index in [0.717, 1.165) is 50.1 Å². The first-order valence-electron chi connectivity index (χ1n) is 10.5. The zero-order chi connectivity index (χ0) is 20.4. The lowest BCUT2D eigenvalue weighted by molar-refractivity contribution is 0.0692. The van der Waals surface area contributed by atoms with E-state index in [2.05, 4.69) is 31.2 Å². The van der Waals surface area contributed by atoms with Crippen molar-refractivity contribution in [2.45, 2.75) is 39.7 Å². The third-order valence-corrected chi connectivity index (χ3v) is 5.64. The molecule has 29 heavy (non-hydrogen) atoms. The Morgan fingerprint density at radius 1 is 1.34 bits per heavy atom. The van der Waals surface area contributed by atoms with E-state index in [1.807, 2.05) is 27.8 Å². The molecule has 3 aromatic rings. The number of fused-ring (bicyclic) bond motifs is 1. The summed E-state index contributed by atoms with van der Waals surface area (Å²) >= 11 is 0. The number of pyridine rings is 1. The second kappa shape index (κ2) is 8.37. The predicted octanol–water partition coefficient (Wildman–Crippen LogP) is 3.73. The van der Waals surface area contributed by atoms with Crippen molar-refractivity contribution in [2.24, 2.45) is 5.92 Å². The Bertz CT molecular complexity index is 969. The molecule has 4 heterocycles. The fourth-order valence-electron chi connectivity index (χ4n) is 3.98. The molecular formula is C22H29N5O2. The van der Waals surface area contributed by atoms with Gasteiger partial charge in [-0.05, 0) is 63.9 Å². The Morgan fingerprint density at radius 2 is 2.14 bits per heavy atom. The summed E-state index contributed by atoms with van der Waals surface area (Å²) in [6.07, 6.45) is 5.45. The Labute approximate surface area is 171 Å². The summed E-state index contributed by atoms with van der Waals surface area (Å²) in [6, 6.07) is 5.69. The van der Waals surface area contributed by atoms with Crippen LogP contribution in [0.5, 0.6) is 0 Å². The van der Waals surface area contributed by atoms with Gasteiger partial charge in [-0.1, -0.05) is 6.92 Å². The van der Waals surface area contributed by atoms with Crippen molar-refractivity contribution in [3.8, 4) is 11.5 Å². The second-order valence-electron chi connectivity index (χ2n) is 8.00. The van der Waals surface area contributed by atoms with Crippen LogP contribution in [-0.4, -0.2) is 51.8 Å². The maximum atomic E-state index is 13.5. The van der Waals surface area contributed by atoms with Gasteiger partial charge in [-0.15, -0.1) is 0 Å². The number of amides is 1. The summed E-state index contributed by atoms with van der Waals surface area (Å²) in [7, 11) is 0. The van der Waals surface area contributed by atoms with E-state index < -0.39 is 0 Å². The molecule has 0 radical (unpaired) electrons. The number of carbonyl (C=O) groups is 1. The highest BCUT2D eigenvalue weighted by molar-refractivity contribution is 6.06. The summed E-state index contributed by atoms with van der Waals surface area (Å²) in [5, 5.41) is 8.72. The number of nitrogens with zero attached hydrogens (tertiary/aromatic N) is 4. The maximum Gasteiger partial charge on any atom is 0.254 e. The number of aromatic nitrogens is 3. The molecular weight excluding hydrogens is 366 g/mol. The van der Waals surface area contributed by atoms with Crippen LogP contribution in [0.3, 0.4) is 0 Å². The Hall–Kier alpha value is -2.67. The van der Waals surface area contributed by atoms with Gasteiger partial charge in [0, 0.05) is 19.1 Å². The Kier molecular flexibility index (Phi) is 5.67. The summed E-state index contributed by atoms with van der Waals surface area (Å²) < 4.78 is 7.42. The molecule has 0 bridgehead atoms. The first kappa shape index (κ1) is 19.6. The average molecular weight is 396 g/mol. The fraction of sp³-hybridized carbons (Fsp3) is 0.500. The van der Waals surface area contributed by atoms with Crippen molar-refractivity contribution in [3.05, 3.63) is 36.2 Å². The summed E-state index contributed by atoms with van der Waals surface area (Å²) in [5.74, 6) is 1.34. The maximum absolute atomic E-state index is 13.5. The van der Waals surface area contributed by atoms with E-state index in [1.165, 1.54) is 0 Å². The van der Waals surface area contributed by atoms with Gasteiger partial charge >= 0.3 is 0 Å². The van der Waals surface area contributed by atoms with E-state index in [4.69, 9.17) is 9.40 Å². The van der Waals surface area contributed by atoms with Crippen LogP contribution < -0.4 is 5.32 Å². The molecule has 1 aliphatic rings. The number of likely N-dealkylation sites (tertiary alicyclic amines) is 1. The standard InChI is InChI=1S/C22H29N5O2/c1-4-23-13-16-7-9-26(10-8-16)22(28)17-12-19(20-6-5-11-29-20)25-21-18(17)14-24-27(21)15(2)3/h5-6,11-12,14-16,23H,4,7-10,13H2,1-3H3. The Balaban J connectivity index is 1.66. The first-order chi connectivity index (χ1) is 14.1. The van der Waals surface area contributed by atoms with Crippen molar-refractivity contribution >= 4 is 16.9 Å². The zero-order valence-electron chi connectivity index (χ0n) is 17.4. The molecule has 1 N–H and O–H groups in total. The van der Waals surface area contributed by atoms with Gasteiger partial charge in [-0.25, -0.2) is 9.67 Å². The predicted molar refractivity (Wildman–Crippen MR) is 113 cm³/mol. The number of carbonyl (C=O) groups excluding carboxylic acids is 1. The molecule has 0 saturated carbocycles. The molecule has 1 aliphatic heterocycles. The van der Waals surface area contributed by atoms with Gasteiger partial charge in [0.2, 0.25) is 0 Å². The fourth-order valence-corrected chi connectivity index (χ4v) is 3.98. The second-order valence-corrected chi connectivity index (χ2v) is 8.00. The topological polar surface area (TPSA) is 76.2 Å². The highest BCUT2D eigenvalue weighted by Crippen LogP contribution is 2.28. The highest BCUT2D eigenvalue weighted by atomic mass is 16.3. The van der Waals surface area contributed by atoms with Gasteiger partial charge in [-0.2, -0.15) is 5.10 Å². The van der Waals surface area contributed by atoms with Crippen LogP contribution in [0.1, 0.15) is 50.0 Å². The quantitative estimate of drug-likeness (QED) is 0.688. The van der Waals surface area contributed by atoms with Gasteiger partial charge in [0.05, 0.1) is 23.4 Å². The first-order valence-corrected chi connectivity index (χ1v) is 10.5. The van der Waals surface area contributed by atoms with E-state index in [1.54, 1.807) is 12.5 Å². The molecule has 3 aromatic heterocycles. The SMILES string of the molecule is CCNCC1CCN(C(=O)c2cc(-c3ccco3)nc3c2cnn3C(C)C)CC1. The number of rotatable bonds is 6. The van der Waals surface area contributed by atoms with Crippen LogP contribution in [0.4, 0.5) is 0 Å². The van der Waals surface area contributed by atoms with Crippen LogP contribution in [0, 0.1) is 5.92 Å². The summed E-state index contributed by atoms with van der Waals surface area (Å²) in [4.78, 5) is 20.2. The molecule has 0 unspecified atom stereocenters. The highest BCUT2D eigenvalue weighted by Gasteiger charge is 2.26. The zero-order valence-corrected chi connectivity index (χ0v) is 17.4. The molecule has 4 rings (SSSR count). The lowest BCUT2D eigenvalue weighted by atomic mass is 9.96. The molecule has 7 nitrogen and oxygen atoms in total. The van der Waals surface area contributed by atoms with Crippen LogP contribution in [0.2, 0.25) is 0 Å². The van der Waals surface area contributed by atoms with Crippen LogP contribution in [-0.2, 0) is 0 Å². The largest absolute Gasteiger partial charge is 0.463 e. The van der Waals surface area contributed by atoms with E-state index in [-0.39, 0.29) is 11.9 Å². The Morgan fingerprint density at radius 3 is 2.79 bits per heavy atom. The van der Waals surface area contributed by atoms with E-state index in [0.29, 0.717) is 22.9 Å². The minimum Gasteiger partial charge on any atom is -0.463 e. The smallest absolute Gasteiger partial charge is 0.254 e. The van der Waals surface area contributed by atoms with E-state index in [9.17, 15) is 4.79 Å². The lowest BCUT2D eigenvalue weighted by Crippen LogP contribution is -2.40. The number of hydrogen-bond acceptors (Lipinski definition) is 5. The van der Waals surface area contributed by atoms with Crippen LogP contribution in [0.25, 0.3) is 22.5 Å². The summed E-state index contributed by atoms with van der Waals surface area (Å²) in [5.41, 5.74) is 2.04. The summed E-state index contributed by atoms with van der Waals surface area (Å²) in [6.45, 7) is 9.83. The number of piperidine rings is 1. The minimum absolute atomic E-state index is 0.0513. The van der Waals surface area contributed by atoms with Crippen molar-refractivity contribution in [1.29, 1.82) is 0 Å². The molecule has 7 heteroatoms. The molecule has 0 aromatic carbocycles. The lowest BCUT2D eigenvalue weighted by Gasteiger charge is -2.32. The van der Waals surface area contributed by atoms with Gasteiger partial charge in [0.15, 0.2) is 11.4 Å². The van der Waals surface area contributed by atoms with Crippen molar-refractivity contribution < 1.29 is 9.21 Å². The van der Waals surface area contributed by atoms with Gasteiger partial charge in [-0.3, -0.25) is 4.79 Å². The third kappa shape index (κ3) is 3.92. The molecule has 0 aliphatic carbocycles. The normalized spacial score (nSPS) is 15.5. The number of nitrogens with one attached hydrogen (secondary N) is 1. The van der Waals surface area contributed by atoms with Crippen LogP contribution >= 0.6 is 0 Å². The monoisotopic (exact) mass is 395 g/mol. The number of furan rings is 1. The van der Waals surface area contributed by atoms with Crippen LogP contribution in [0.15, 0.2) is 35.1 Å². The van der Waals surface area contributed by atoms with E-state index >= 15 is 0 Å². The third-order valence-electron chi connectivity index (χ3n) is 5.64. The molecule has 0 atom stereocenters.